The Morgan fingerprint density at radius 2 is 1.79 bits per heavy atom. The van der Waals surface area contributed by atoms with Crippen LogP contribution in [0, 0.1) is 29.6 Å². The maximum atomic E-state index is 12.1. The van der Waals surface area contributed by atoms with Gasteiger partial charge in [0.05, 0.1) is 37.7 Å². The van der Waals surface area contributed by atoms with Gasteiger partial charge in [0.1, 0.15) is 5.75 Å². The monoisotopic (exact) mass is 329 g/mol. The van der Waals surface area contributed by atoms with Gasteiger partial charge in [-0.2, -0.15) is 10.5 Å². The van der Waals surface area contributed by atoms with E-state index in [-0.39, 0.29) is 31.5 Å². The molecule has 0 aromatic heterocycles. The van der Waals surface area contributed by atoms with Crippen LogP contribution >= 0.6 is 0 Å². The van der Waals surface area contributed by atoms with E-state index in [1.807, 2.05) is 19.1 Å². The number of amides is 1. The van der Waals surface area contributed by atoms with Gasteiger partial charge in [0, 0.05) is 13.1 Å². The highest BCUT2D eigenvalue weighted by Gasteiger charge is 2.17. The maximum Gasteiger partial charge on any atom is 0.338 e. The first-order valence-corrected chi connectivity index (χ1v) is 7.37. The van der Waals surface area contributed by atoms with Crippen molar-refractivity contribution in [1.82, 2.24) is 4.90 Å². The average molecular weight is 329 g/mol. The summed E-state index contributed by atoms with van der Waals surface area (Å²) in [5, 5.41) is 17.2. The Balaban J connectivity index is 2.65. The number of nitriles is 2. The largest absolute Gasteiger partial charge is 0.496 e. The Morgan fingerprint density at radius 1 is 1.17 bits per heavy atom. The molecule has 0 bridgehead atoms. The second kappa shape index (κ2) is 9.86. The number of ether oxygens (including phenoxy) is 2. The van der Waals surface area contributed by atoms with Gasteiger partial charge in [-0.05, 0) is 24.6 Å². The molecule has 0 atom stereocenters. The minimum absolute atomic E-state index is 0.153. The van der Waals surface area contributed by atoms with Crippen LogP contribution in [0.5, 0.6) is 5.75 Å². The predicted molar refractivity (Wildman–Crippen MR) is 85.1 cm³/mol. The van der Waals surface area contributed by atoms with Crippen molar-refractivity contribution in [3.8, 4) is 17.9 Å². The number of hydrogen-bond donors (Lipinski definition) is 0. The quantitative estimate of drug-likeness (QED) is 0.674. The lowest BCUT2D eigenvalue weighted by molar-refractivity contribution is -0.134. The van der Waals surface area contributed by atoms with E-state index in [1.54, 1.807) is 18.2 Å². The van der Waals surface area contributed by atoms with Gasteiger partial charge in [-0.1, -0.05) is 6.07 Å². The fourth-order valence-electron chi connectivity index (χ4n) is 1.98. The van der Waals surface area contributed by atoms with Crippen molar-refractivity contribution in [2.75, 3.05) is 26.8 Å². The molecular weight excluding hydrogens is 310 g/mol. The summed E-state index contributed by atoms with van der Waals surface area (Å²) in [5.74, 6) is -0.518. The molecule has 0 heterocycles. The highest BCUT2D eigenvalue weighted by molar-refractivity contribution is 5.91. The molecule has 0 aliphatic carbocycles. The smallest absolute Gasteiger partial charge is 0.338 e. The standard InChI is InChI=1S/C17H19N3O4/c1-13-5-6-14(11-15(13)23-2)17(22)24-12-16(21)20(9-3-7-18)10-4-8-19/h5-6,11H,3-4,9-10,12H2,1-2H3. The Hall–Kier alpha value is -3.06. The zero-order valence-electron chi connectivity index (χ0n) is 13.7. The molecular formula is C17H19N3O4. The molecule has 1 amide bonds. The van der Waals surface area contributed by atoms with E-state index < -0.39 is 18.5 Å². The SMILES string of the molecule is COc1cc(C(=O)OCC(=O)N(CCC#N)CCC#N)ccc1C. The lowest BCUT2D eigenvalue weighted by Gasteiger charge is -2.20. The van der Waals surface area contributed by atoms with Crippen molar-refractivity contribution in [3.05, 3.63) is 29.3 Å². The molecule has 7 nitrogen and oxygen atoms in total. The molecule has 126 valence electrons. The molecule has 1 aromatic rings. The Morgan fingerprint density at radius 3 is 2.33 bits per heavy atom. The number of carbonyl (C=O) groups excluding carboxylic acids is 2. The molecule has 0 aliphatic heterocycles. The number of aryl methyl sites for hydroxylation is 1. The number of methoxy groups -OCH3 is 1. The minimum Gasteiger partial charge on any atom is -0.496 e. The molecule has 0 radical (unpaired) electrons. The van der Waals surface area contributed by atoms with Gasteiger partial charge in [-0.3, -0.25) is 4.79 Å². The third kappa shape index (κ3) is 5.62. The zero-order chi connectivity index (χ0) is 17.9. The molecule has 0 fully saturated rings. The summed E-state index contributed by atoms with van der Waals surface area (Å²) < 4.78 is 10.2. The highest BCUT2D eigenvalue weighted by Crippen LogP contribution is 2.19. The Bertz CT molecular complexity index is 655. The third-order valence-electron chi connectivity index (χ3n) is 3.31. The highest BCUT2D eigenvalue weighted by atomic mass is 16.5. The first kappa shape index (κ1) is 19.0. The summed E-state index contributed by atoms with van der Waals surface area (Å²) in [7, 11) is 1.50. The van der Waals surface area contributed by atoms with Gasteiger partial charge in [0.15, 0.2) is 6.61 Å². The number of rotatable bonds is 8. The Labute approximate surface area is 141 Å². The number of benzene rings is 1. The van der Waals surface area contributed by atoms with Gasteiger partial charge in [-0.25, -0.2) is 4.79 Å². The van der Waals surface area contributed by atoms with Crippen molar-refractivity contribution in [3.63, 3.8) is 0 Å². The molecule has 0 aliphatic rings. The topological polar surface area (TPSA) is 103 Å². The normalized spacial score (nSPS) is 9.50. The molecule has 0 saturated heterocycles. The van der Waals surface area contributed by atoms with Crippen LogP contribution in [-0.2, 0) is 9.53 Å². The summed E-state index contributed by atoms with van der Waals surface area (Å²) in [4.78, 5) is 25.4. The van der Waals surface area contributed by atoms with Crippen molar-refractivity contribution >= 4 is 11.9 Å². The van der Waals surface area contributed by atoms with Gasteiger partial charge in [-0.15, -0.1) is 0 Å². The van der Waals surface area contributed by atoms with E-state index in [1.165, 1.54) is 12.0 Å². The lowest BCUT2D eigenvalue weighted by atomic mass is 10.1. The fourth-order valence-corrected chi connectivity index (χ4v) is 1.98. The summed E-state index contributed by atoms with van der Waals surface area (Å²) >= 11 is 0. The number of esters is 1. The van der Waals surface area contributed by atoms with Gasteiger partial charge >= 0.3 is 5.97 Å². The van der Waals surface area contributed by atoms with E-state index in [9.17, 15) is 9.59 Å². The molecule has 1 rings (SSSR count). The molecule has 0 N–H and O–H groups in total. The Kier molecular flexibility index (Phi) is 7.80. The average Bonchev–Trinajstić information content (AvgIpc) is 2.59. The van der Waals surface area contributed by atoms with E-state index in [2.05, 4.69) is 0 Å². The second-order valence-corrected chi connectivity index (χ2v) is 4.96. The van der Waals surface area contributed by atoms with Crippen LogP contribution in [-0.4, -0.2) is 43.6 Å². The first-order chi connectivity index (χ1) is 11.5. The fraction of sp³-hybridized carbons (Fsp3) is 0.412. The summed E-state index contributed by atoms with van der Waals surface area (Å²) in [6.45, 7) is 1.81. The van der Waals surface area contributed by atoms with E-state index in [0.29, 0.717) is 5.75 Å². The molecule has 0 saturated carbocycles. The van der Waals surface area contributed by atoms with Crippen LogP contribution < -0.4 is 4.74 Å². The van der Waals surface area contributed by atoms with E-state index in [4.69, 9.17) is 20.0 Å². The van der Waals surface area contributed by atoms with Crippen LogP contribution in [0.1, 0.15) is 28.8 Å². The zero-order valence-corrected chi connectivity index (χ0v) is 13.7. The van der Waals surface area contributed by atoms with Gasteiger partial charge in [0.2, 0.25) is 0 Å². The summed E-state index contributed by atoms with van der Waals surface area (Å²) in [5.41, 5.74) is 1.16. The third-order valence-corrected chi connectivity index (χ3v) is 3.31. The lowest BCUT2D eigenvalue weighted by Crippen LogP contribution is -2.36. The molecule has 24 heavy (non-hydrogen) atoms. The van der Waals surface area contributed by atoms with Crippen LogP contribution in [0.15, 0.2) is 18.2 Å². The number of carbonyl (C=O) groups is 2. The number of hydrogen-bond acceptors (Lipinski definition) is 6. The van der Waals surface area contributed by atoms with Crippen molar-refractivity contribution in [2.24, 2.45) is 0 Å². The van der Waals surface area contributed by atoms with E-state index in [0.717, 1.165) is 5.56 Å². The molecule has 1 aromatic carbocycles. The van der Waals surface area contributed by atoms with E-state index >= 15 is 0 Å². The maximum absolute atomic E-state index is 12.1. The van der Waals surface area contributed by atoms with Crippen molar-refractivity contribution < 1.29 is 19.1 Å². The van der Waals surface area contributed by atoms with Crippen molar-refractivity contribution in [1.29, 1.82) is 10.5 Å². The summed E-state index contributed by atoms with van der Waals surface area (Å²) in [6.07, 6.45) is 0.306. The second-order valence-electron chi connectivity index (χ2n) is 4.96. The van der Waals surface area contributed by atoms with Crippen LogP contribution in [0.3, 0.4) is 0 Å². The van der Waals surface area contributed by atoms with Crippen LogP contribution in [0.4, 0.5) is 0 Å². The molecule has 0 spiro atoms. The van der Waals surface area contributed by atoms with Crippen LogP contribution in [0.25, 0.3) is 0 Å². The number of nitrogens with zero attached hydrogens (tertiary/aromatic N) is 3. The minimum atomic E-state index is -0.637. The molecule has 0 unspecified atom stereocenters. The van der Waals surface area contributed by atoms with Crippen LogP contribution in [0.2, 0.25) is 0 Å². The van der Waals surface area contributed by atoms with Gasteiger partial charge < -0.3 is 14.4 Å². The predicted octanol–water partition coefficient (Wildman–Crippen LogP) is 1.82. The van der Waals surface area contributed by atoms with Gasteiger partial charge in [0.25, 0.3) is 5.91 Å². The summed E-state index contributed by atoms with van der Waals surface area (Å²) in [6, 6.07) is 8.74. The molecule has 7 heteroatoms. The first-order valence-electron chi connectivity index (χ1n) is 7.37. The van der Waals surface area contributed by atoms with Crippen molar-refractivity contribution in [2.45, 2.75) is 19.8 Å².